The van der Waals surface area contributed by atoms with E-state index in [-0.39, 0.29) is 6.04 Å². The maximum atomic E-state index is 5.49. The zero-order valence-corrected chi connectivity index (χ0v) is 11.4. The van der Waals surface area contributed by atoms with E-state index >= 15 is 0 Å². The fraction of sp³-hybridized carbons (Fsp3) is 0.429. The van der Waals surface area contributed by atoms with E-state index in [0.29, 0.717) is 11.9 Å². The van der Waals surface area contributed by atoms with Crippen molar-refractivity contribution in [3.63, 3.8) is 0 Å². The summed E-state index contributed by atoms with van der Waals surface area (Å²) in [4.78, 5) is 0. The molecule has 1 aromatic heterocycles. The van der Waals surface area contributed by atoms with Gasteiger partial charge in [0.2, 0.25) is 5.89 Å². The molecule has 0 saturated carbocycles. The Labute approximate surface area is 113 Å². The maximum Gasteiger partial charge on any atom is 0.315 e. The minimum absolute atomic E-state index is 0.0763. The fourth-order valence-electron chi connectivity index (χ4n) is 1.74. The van der Waals surface area contributed by atoms with Crippen LogP contribution < -0.4 is 10.6 Å². The first-order valence-electron chi connectivity index (χ1n) is 6.58. The number of hydrogen-bond donors (Lipinski definition) is 2. The molecule has 2 rings (SSSR count). The summed E-state index contributed by atoms with van der Waals surface area (Å²) in [7, 11) is 1.86. The van der Waals surface area contributed by atoms with Gasteiger partial charge < -0.3 is 15.1 Å². The van der Waals surface area contributed by atoms with Gasteiger partial charge in [-0.2, -0.15) is 0 Å². The van der Waals surface area contributed by atoms with Gasteiger partial charge in [0.05, 0.1) is 6.04 Å². The minimum atomic E-state index is 0.0763. The van der Waals surface area contributed by atoms with Crippen LogP contribution in [0.4, 0.5) is 6.01 Å². The van der Waals surface area contributed by atoms with Crippen LogP contribution in [-0.2, 0) is 6.42 Å². The third-order valence-electron chi connectivity index (χ3n) is 3.01. The average Bonchev–Trinajstić information content (AvgIpc) is 2.93. The van der Waals surface area contributed by atoms with Crippen LogP contribution in [-0.4, -0.2) is 23.8 Å². The second-order valence-electron chi connectivity index (χ2n) is 4.47. The molecule has 0 saturated heterocycles. The van der Waals surface area contributed by atoms with Crippen molar-refractivity contribution < 1.29 is 4.42 Å². The quantitative estimate of drug-likeness (QED) is 0.748. The minimum Gasteiger partial charge on any atom is -0.406 e. The van der Waals surface area contributed by atoms with Crippen molar-refractivity contribution in [2.24, 2.45) is 0 Å². The summed E-state index contributed by atoms with van der Waals surface area (Å²) in [5.41, 5.74) is 1.35. The van der Waals surface area contributed by atoms with E-state index in [2.05, 4.69) is 45.1 Å². The molecule has 1 unspecified atom stereocenters. The normalized spacial score (nSPS) is 12.3. The molecule has 0 bridgehead atoms. The molecule has 5 nitrogen and oxygen atoms in total. The van der Waals surface area contributed by atoms with E-state index in [9.17, 15) is 0 Å². The number of aromatic nitrogens is 2. The molecule has 0 aliphatic heterocycles. The fourth-order valence-corrected chi connectivity index (χ4v) is 1.74. The molecule has 19 heavy (non-hydrogen) atoms. The Kier molecular flexibility index (Phi) is 4.92. The van der Waals surface area contributed by atoms with Gasteiger partial charge in [-0.25, -0.2) is 0 Å². The maximum absolute atomic E-state index is 5.49. The van der Waals surface area contributed by atoms with Crippen LogP contribution in [0.1, 0.15) is 30.8 Å². The standard InChI is InChI=1S/C14H20N4O/c1-11(15-2)13-17-18-14(19-13)16-10-6-9-12-7-4-3-5-8-12/h3-5,7-8,11,15H,6,9-10H2,1-2H3,(H,16,18). The Bertz CT molecular complexity index is 483. The number of rotatable bonds is 7. The first kappa shape index (κ1) is 13.5. The van der Waals surface area contributed by atoms with Crippen molar-refractivity contribution in [2.75, 3.05) is 18.9 Å². The van der Waals surface area contributed by atoms with E-state index in [4.69, 9.17) is 4.42 Å². The van der Waals surface area contributed by atoms with E-state index in [0.717, 1.165) is 19.4 Å². The van der Waals surface area contributed by atoms with Crippen molar-refractivity contribution in [1.82, 2.24) is 15.5 Å². The molecule has 0 amide bonds. The number of anilines is 1. The smallest absolute Gasteiger partial charge is 0.315 e. The second kappa shape index (κ2) is 6.89. The summed E-state index contributed by atoms with van der Waals surface area (Å²) in [5.74, 6) is 0.605. The van der Waals surface area contributed by atoms with Gasteiger partial charge in [-0.3, -0.25) is 0 Å². The molecule has 102 valence electrons. The van der Waals surface area contributed by atoms with Crippen LogP contribution in [0, 0.1) is 0 Å². The molecule has 0 fully saturated rings. The van der Waals surface area contributed by atoms with Crippen LogP contribution in [0.25, 0.3) is 0 Å². The molecule has 0 aliphatic rings. The molecule has 2 aromatic rings. The average molecular weight is 260 g/mol. The molecule has 1 atom stereocenters. The summed E-state index contributed by atoms with van der Waals surface area (Å²) in [6, 6.07) is 11.0. The third kappa shape index (κ3) is 4.06. The van der Waals surface area contributed by atoms with Crippen LogP contribution in [0.3, 0.4) is 0 Å². The van der Waals surface area contributed by atoms with E-state index in [1.165, 1.54) is 5.56 Å². The SMILES string of the molecule is CNC(C)c1nnc(NCCCc2ccccc2)o1. The summed E-state index contributed by atoms with van der Waals surface area (Å²) < 4.78 is 5.49. The van der Waals surface area contributed by atoms with E-state index in [1.807, 2.05) is 20.0 Å². The Morgan fingerprint density at radius 3 is 2.74 bits per heavy atom. The number of hydrogen-bond acceptors (Lipinski definition) is 5. The van der Waals surface area contributed by atoms with Crippen molar-refractivity contribution in [2.45, 2.75) is 25.8 Å². The Morgan fingerprint density at radius 1 is 1.21 bits per heavy atom. The largest absolute Gasteiger partial charge is 0.406 e. The Hall–Kier alpha value is -1.88. The molecule has 0 aliphatic carbocycles. The summed E-state index contributed by atoms with van der Waals surface area (Å²) in [6.07, 6.45) is 2.07. The van der Waals surface area contributed by atoms with Gasteiger partial charge in [-0.1, -0.05) is 35.4 Å². The van der Waals surface area contributed by atoms with Crippen LogP contribution in [0.15, 0.2) is 34.7 Å². The Balaban J connectivity index is 1.72. The first-order valence-corrected chi connectivity index (χ1v) is 6.58. The topological polar surface area (TPSA) is 63.0 Å². The van der Waals surface area contributed by atoms with Crippen LogP contribution in [0.5, 0.6) is 0 Å². The Morgan fingerprint density at radius 2 is 2.00 bits per heavy atom. The van der Waals surface area contributed by atoms with E-state index < -0.39 is 0 Å². The zero-order valence-electron chi connectivity index (χ0n) is 11.4. The molecule has 2 N–H and O–H groups in total. The molecule has 5 heteroatoms. The monoisotopic (exact) mass is 260 g/mol. The van der Waals surface area contributed by atoms with Crippen molar-refractivity contribution in [3.05, 3.63) is 41.8 Å². The van der Waals surface area contributed by atoms with Gasteiger partial charge in [0, 0.05) is 6.54 Å². The predicted molar refractivity (Wildman–Crippen MR) is 75.0 cm³/mol. The molecular weight excluding hydrogens is 240 g/mol. The lowest BCUT2D eigenvalue weighted by molar-refractivity contribution is 0.441. The van der Waals surface area contributed by atoms with Gasteiger partial charge in [0.25, 0.3) is 0 Å². The number of nitrogens with zero attached hydrogens (tertiary/aromatic N) is 2. The number of benzene rings is 1. The molecular formula is C14H20N4O. The van der Waals surface area contributed by atoms with Crippen molar-refractivity contribution in [1.29, 1.82) is 0 Å². The lowest BCUT2D eigenvalue weighted by Crippen LogP contribution is -2.12. The highest BCUT2D eigenvalue weighted by Crippen LogP contribution is 2.13. The van der Waals surface area contributed by atoms with Crippen molar-refractivity contribution >= 4 is 6.01 Å². The highest BCUT2D eigenvalue weighted by atomic mass is 16.4. The van der Waals surface area contributed by atoms with Gasteiger partial charge in [0.1, 0.15) is 0 Å². The molecule has 1 aromatic carbocycles. The van der Waals surface area contributed by atoms with Gasteiger partial charge in [0.15, 0.2) is 0 Å². The van der Waals surface area contributed by atoms with Gasteiger partial charge in [-0.15, -0.1) is 5.10 Å². The van der Waals surface area contributed by atoms with Crippen LogP contribution in [0.2, 0.25) is 0 Å². The summed E-state index contributed by atoms with van der Waals surface area (Å²) in [5, 5.41) is 14.1. The lowest BCUT2D eigenvalue weighted by atomic mass is 10.1. The second-order valence-corrected chi connectivity index (χ2v) is 4.47. The van der Waals surface area contributed by atoms with Crippen molar-refractivity contribution in [3.8, 4) is 0 Å². The molecule has 1 heterocycles. The summed E-state index contributed by atoms with van der Waals surface area (Å²) in [6.45, 7) is 2.80. The highest BCUT2D eigenvalue weighted by Gasteiger charge is 2.11. The zero-order chi connectivity index (χ0) is 13.5. The third-order valence-corrected chi connectivity index (χ3v) is 3.01. The van der Waals surface area contributed by atoms with Gasteiger partial charge in [-0.05, 0) is 32.4 Å². The molecule has 0 radical (unpaired) electrons. The number of nitrogens with one attached hydrogen (secondary N) is 2. The number of aryl methyl sites for hydroxylation is 1. The lowest BCUT2D eigenvalue weighted by Gasteiger charge is -2.03. The molecule has 0 spiro atoms. The highest BCUT2D eigenvalue weighted by molar-refractivity contribution is 5.18. The first-order chi connectivity index (χ1) is 9.29. The predicted octanol–water partition coefficient (Wildman–Crippen LogP) is 2.39. The van der Waals surface area contributed by atoms with Gasteiger partial charge >= 0.3 is 6.01 Å². The summed E-state index contributed by atoms with van der Waals surface area (Å²) >= 11 is 0. The van der Waals surface area contributed by atoms with E-state index in [1.54, 1.807) is 0 Å². The van der Waals surface area contributed by atoms with Crippen LogP contribution >= 0.6 is 0 Å².